The van der Waals surface area contributed by atoms with Crippen LogP contribution in [0.3, 0.4) is 0 Å². The fraction of sp³-hybridized carbons (Fsp3) is 1.00. The molecule has 0 aliphatic rings. The molecule has 0 radical (unpaired) electrons. The zero-order valence-electron chi connectivity index (χ0n) is 12.5. The molecule has 0 bridgehead atoms. The van der Waals surface area contributed by atoms with Crippen molar-refractivity contribution < 1.29 is 13.6 Å². The van der Waals surface area contributed by atoms with E-state index in [0.717, 1.165) is 39.3 Å². The number of hydrogen-bond donors (Lipinski definition) is 0. The standard InChI is InChI=1S/C12H30O3Si2/c1-16(2,3)14-11-7-9-13-10-8-12-15-17(4,5)6/h7-12H2,1-6H3. The average molecular weight is 279 g/mol. The molecule has 0 amide bonds. The number of hydrogen-bond acceptors (Lipinski definition) is 3. The quantitative estimate of drug-likeness (QED) is 0.452. The van der Waals surface area contributed by atoms with Gasteiger partial charge in [0.1, 0.15) is 0 Å². The zero-order chi connectivity index (χ0) is 13.4. The van der Waals surface area contributed by atoms with E-state index in [-0.39, 0.29) is 0 Å². The van der Waals surface area contributed by atoms with Crippen LogP contribution >= 0.6 is 0 Å². The second kappa shape index (κ2) is 8.42. The molecule has 0 heterocycles. The molecular weight excluding hydrogens is 248 g/mol. The van der Waals surface area contributed by atoms with Gasteiger partial charge in [-0.3, -0.25) is 0 Å². The van der Waals surface area contributed by atoms with E-state index in [2.05, 4.69) is 39.3 Å². The predicted octanol–water partition coefficient (Wildman–Crippen LogP) is 3.49. The van der Waals surface area contributed by atoms with Crippen molar-refractivity contribution in [3.05, 3.63) is 0 Å². The largest absolute Gasteiger partial charge is 0.418 e. The lowest BCUT2D eigenvalue weighted by Gasteiger charge is -2.17. The first-order valence-electron chi connectivity index (χ1n) is 6.56. The van der Waals surface area contributed by atoms with Gasteiger partial charge < -0.3 is 13.6 Å². The summed E-state index contributed by atoms with van der Waals surface area (Å²) in [7, 11) is -2.66. The van der Waals surface area contributed by atoms with Crippen LogP contribution in [-0.4, -0.2) is 43.1 Å². The van der Waals surface area contributed by atoms with Crippen molar-refractivity contribution in [2.75, 3.05) is 26.4 Å². The molecule has 0 rings (SSSR count). The van der Waals surface area contributed by atoms with Crippen molar-refractivity contribution in [2.45, 2.75) is 52.1 Å². The topological polar surface area (TPSA) is 27.7 Å². The fourth-order valence-corrected chi connectivity index (χ4v) is 2.69. The molecule has 0 saturated heterocycles. The fourth-order valence-electron chi connectivity index (χ4n) is 1.18. The highest BCUT2D eigenvalue weighted by Crippen LogP contribution is 2.04. The normalized spacial score (nSPS) is 13.1. The van der Waals surface area contributed by atoms with Crippen LogP contribution in [0.25, 0.3) is 0 Å². The maximum absolute atomic E-state index is 5.74. The van der Waals surface area contributed by atoms with Crippen LogP contribution in [0.15, 0.2) is 0 Å². The van der Waals surface area contributed by atoms with Gasteiger partial charge in [-0.05, 0) is 52.1 Å². The van der Waals surface area contributed by atoms with Crippen molar-refractivity contribution in [2.24, 2.45) is 0 Å². The molecule has 0 aromatic heterocycles. The van der Waals surface area contributed by atoms with Gasteiger partial charge in [-0.2, -0.15) is 0 Å². The SMILES string of the molecule is C[Si](C)(C)OCCCOCCCO[Si](C)(C)C. The zero-order valence-corrected chi connectivity index (χ0v) is 14.5. The monoisotopic (exact) mass is 278 g/mol. The van der Waals surface area contributed by atoms with Crippen molar-refractivity contribution >= 4 is 16.6 Å². The molecular formula is C12H30O3Si2. The lowest BCUT2D eigenvalue weighted by atomic mass is 10.5. The van der Waals surface area contributed by atoms with Crippen molar-refractivity contribution in [1.29, 1.82) is 0 Å². The molecule has 0 aliphatic carbocycles. The van der Waals surface area contributed by atoms with Crippen molar-refractivity contribution in [3.63, 3.8) is 0 Å². The second-order valence-electron chi connectivity index (χ2n) is 6.24. The number of ether oxygens (including phenoxy) is 1. The maximum atomic E-state index is 5.74. The summed E-state index contributed by atoms with van der Waals surface area (Å²) in [4.78, 5) is 0. The van der Waals surface area contributed by atoms with Crippen LogP contribution in [0.1, 0.15) is 12.8 Å². The molecule has 5 heteroatoms. The maximum Gasteiger partial charge on any atom is 0.183 e. The molecule has 0 saturated carbocycles. The summed E-state index contributed by atoms with van der Waals surface area (Å²) >= 11 is 0. The molecule has 17 heavy (non-hydrogen) atoms. The number of rotatable bonds is 10. The average Bonchev–Trinajstić information content (AvgIpc) is 2.11. The first-order chi connectivity index (χ1) is 7.71. The van der Waals surface area contributed by atoms with Gasteiger partial charge in [0.2, 0.25) is 0 Å². The van der Waals surface area contributed by atoms with Gasteiger partial charge in [0, 0.05) is 26.4 Å². The van der Waals surface area contributed by atoms with Crippen molar-refractivity contribution in [1.82, 2.24) is 0 Å². The molecule has 0 N–H and O–H groups in total. The molecule has 0 aromatic carbocycles. The van der Waals surface area contributed by atoms with E-state index >= 15 is 0 Å². The Labute approximate surface area is 109 Å². The summed E-state index contributed by atoms with van der Waals surface area (Å²) < 4.78 is 17.0. The summed E-state index contributed by atoms with van der Waals surface area (Å²) in [6.45, 7) is 16.5. The Morgan fingerprint density at radius 3 is 1.24 bits per heavy atom. The summed E-state index contributed by atoms with van der Waals surface area (Å²) in [5, 5.41) is 0. The minimum atomic E-state index is -1.33. The molecule has 0 aromatic rings. The minimum Gasteiger partial charge on any atom is -0.418 e. The Kier molecular flexibility index (Phi) is 8.58. The first-order valence-corrected chi connectivity index (χ1v) is 13.4. The van der Waals surface area contributed by atoms with Crippen LogP contribution < -0.4 is 0 Å². The van der Waals surface area contributed by atoms with Gasteiger partial charge in [0.25, 0.3) is 0 Å². The third-order valence-electron chi connectivity index (χ3n) is 1.94. The van der Waals surface area contributed by atoms with Gasteiger partial charge >= 0.3 is 0 Å². The third-order valence-corrected chi connectivity index (χ3v) is 4.08. The van der Waals surface area contributed by atoms with Gasteiger partial charge in [-0.25, -0.2) is 0 Å². The molecule has 104 valence electrons. The van der Waals surface area contributed by atoms with E-state index in [9.17, 15) is 0 Å². The van der Waals surface area contributed by atoms with E-state index in [4.69, 9.17) is 13.6 Å². The van der Waals surface area contributed by atoms with Crippen LogP contribution in [0.2, 0.25) is 39.3 Å². The Hall–Kier alpha value is 0.314. The van der Waals surface area contributed by atoms with Crippen LogP contribution in [0, 0.1) is 0 Å². The molecule has 0 fully saturated rings. The first kappa shape index (κ1) is 17.3. The van der Waals surface area contributed by atoms with Gasteiger partial charge in [-0.15, -0.1) is 0 Å². The van der Waals surface area contributed by atoms with E-state index in [1.807, 2.05) is 0 Å². The summed E-state index contributed by atoms with van der Waals surface area (Å²) in [6, 6.07) is 0. The highest BCUT2D eigenvalue weighted by molar-refractivity contribution is 6.70. The highest BCUT2D eigenvalue weighted by Gasteiger charge is 2.13. The summed E-state index contributed by atoms with van der Waals surface area (Å²) in [6.07, 6.45) is 2.00. The Morgan fingerprint density at radius 2 is 0.941 bits per heavy atom. The molecule has 0 unspecified atom stereocenters. The van der Waals surface area contributed by atoms with E-state index in [0.29, 0.717) is 0 Å². The second-order valence-corrected chi connectivity index (χ2v) is 15.3. The van der Waals surface area contributed by atoms with Crippen LogP contribution in [0.5, 0.6) is 0 Å². The minimum absolute atomic E-state index is 0.803. The Morgan fingerprint density at radius 1 is 0.588 bits per heavy atom. The van der Waals surface area contributed by atoms with Crippen LogP contribution in [0.4, 0.5) is 0 Å². The van der Waals surface area contributed by atoms with Gasteiger partial charge in [0.15, 0.2) is 16.6 Å². The third kappa shape index (κ3) is 16.3. The van der Waals surface area contributed by atoms with E-state index in [1.165, 1.54) is 0 Å². The lowest BCUT2D eigenvalue weighted by molar-refractivity contribution is 0.106. The van der Waals surface area contributed by atoms with Gasteiger partial charge in [-0.1, -0.05) is 0 Å². The highest BCUT2D eigenvalue weighted by atomic mass is 28.4. The van der Waals surface area contributed by atoms with Crippen molar-refractivity contribution in [3.8, 4) is 0 Å². The molecule has 0 atom stereocenters. The smallest absolute Gasteiger partial charge is 0.183 e. The predicted molar refractivity (Wildman–Crippen MR) is 78.6 cm³/mol. The van der Waals surface area contributed by atoms with E-state index in [1.54, 1.807) is 0 Å². The Balaban J connectivity index is 3.15. The van der Waals surface area contributed by atoms with Crippen LogP contribution in [-0.2, 0) is 13.6 Å². The molecule has 3 nitrogen and oxygen atoms in total. The summed E-state index contributed by atoms with van der Waals surface area (Å²) in [5.41, 5.74) is 0. The molecule has 0 aliphatic heterocycles. The molecule has 0 spiro atoms. The van der Waals surface area contributed by atoms with Gasteiger partial charge in [0.05, 0.1) is 0 Å². The Bertz CT molecular complexity index is 165. The van der Waals surface area contributed by atoms with E-state index < -0.39 is 16.6 Å². The lowest BCUT2D eigenvalue weighted by Crippen LogP contribution is -2.26. The summed E-state index contributed by atoms with van der Waals surface area (Å²) in [5.74, 6) is 0.